The third kappa shape index (κ3) is 2.09. The first-order valence-corrected chi connectivity index (χ1v) is 7.95. The molecule has 1 fully saturated rings. The predicted molar refractivity (Wildman–Crippen MR) is 76.3 cm³/mol. The number of hydrogen-bond donors (Lipinski definition) is 1. The molecule has 3 heterocycles. The van der Waals surface area contributed by atoms with E-state index in [0.29, 0.717) is 10.2 Å². The number of carboxylic acids is 1. The molecular formula is C12H13BrN2O3S. The van der Waals surface area contributed by atoms with Crippen LogP contribution in [0.15, 0.2) is 0 Å². The Labute approximate surface area is 122 Å². The van der Waals surface area contributed by atoms with Crippen LogP contribution in [0.1, 0.15) is 27.5 Å². The molecule has 1 aliphatic heterocycles. The Morgan fingerprint density at radius 3 is 2.95 bits per heavy atom. The third-order valence-corrected chi connectivity index (χ3v) is 5.07. The van der Waals surface area contributed by atoms with E-state index in [4.69, 9.17) is 4.74 Å². The van der Waals surface area contributed by atoms with E-state index in [0.717, 1.165) is 41.3 Å². The average molecular weight is 345 g/mol. The molecule has 19 heavy (non-hydrogen) atoms. The van der Waals surface area contributed by atoms with Crippen LogP contribution in [0.25, 0.3) is 10.3 Å². The Hall–Kier alpha value is -0.920. The zero-order valence-corrected chi connectivity index (χ0v) is 12.8. The van der Waals surface area contributed by atoms with Crippen molar-refractivity contribution < 1.29 is 14.6 Å². The minimum Gasteiger partial charge on any atom is -0.477 e. The number of alkyl halides is 1. The summed E-state index contributed by atoms with van der Waals surface area (Å²) < 4.78 is 7.56. The maximum absolute atomic E-state index is 11.2. The number of aryl methyl sites for hydroxylation is 1. The number of imidazole rings is 1. The predicted octanol–water partition coefficient (Wildman–Crippen LogP) is 2.79. The van der Waals surface area contributed by atoms with Crippen molar-refractivity contribution in [1.29, 1.82) is 0 Å². The second kappa shape index (κ2) is 4.88. The Bertz CT molecular complexity index is 645. The summed E-state index contributed by atoms with van der Waals surface area (Å²) in [5, 5.41) is 9.84. The topological polar surface area (TPSA) is 64.3 Å². The molecule has 102 valence electrons. The molecule has 0 aromatic carbocycles. The summed E-state index contributed by atoms with van der Waals surface area (Å²) in [6.45, 7) is 3.41. The summed E-state index contributed by atoms with van der Waals surface area (Å²) in [6.07, 6.45) is 1.28. The number of carbonyl (C=O) groups is 1. The first-order valence-electron chi connectivity index (χ1n) is 6.01. The van der Waals surface area contributed by atoms with Crippen molar-refractivity contribution in [3.63, 3.8) is 0 Å². The fraction of sp³-hybridized carbons (Fsp3) is 0.500. The summed E-state index contributed by atoms with van der Waals surface area (Å²) in [5.74, 6) is 0.0455. The molecule has 7 heteroatoms. The van der Waals surface area contributed by atoms with Gasteiger partial charge in [-0.05, 0) is 13.3 Å². The van der Waals surface area contributed by atoms with Gasteiger partial charge < -0.3 is 14.4 Å². The Morgan fingerprint density at radius 2 is 2.42 bits per heavy atom. The van der Waals surface area contributed by atoms with E-state index >= 15 is 0 Å². The van der Waals surface area contributed by atoms with Crippen LogP contribution in [-0.4, -0.2) is 33.3 Å². The van der Waals surface area contributed by atoms with Crippen LogP contribution < -0.4 is 0 Å². The fourth-order valence-electron chi connectivity index (χ4n) is 2.32. The minimum atomic E-state index is -0.882. The van der Waals surface area contributed by atoms with Gasteiger partial charge in [0.05, 0.1) is 23.5 Å². The highest BCUT2D eigenvalue weighted by atomic mass is 79.9. The summed E-state index contributed by atoms with van der Waals surface area (Å²) in [7, 11) is 0. The van der Waals surface area contributed by atoms with Gasteiger partial charge in [-0.2, -0.15) is 0 Å². The summed E-state index contributed by atoms with van der Waals surface area (Å²) in [6, 6.07) is 0. The fourth-order valence-corrected chi connectivity index (χ4v) is 3.79. The van der Waals surface area contributed by atoms with Crippen molar-refractivity contribution in [2.75, 3.05) is 6.61 Å². The first-order chi connectivity index (χ1) is 9.11. The maximum Gasteiger partial charge on any atom is 0.346 e. The number of aromatic nitrogens is 2. The number of carboxylic acid groups (broad SMARTS) is 1. The van der Waals surface area contributed by atoms with Crippen LogP contribution in [0.5, 0.6) is 0 Å². The van der Waals surface area contributed by atoms with Crippen molar-refractivity contribution in [3.8, 4) is 0 Å². The van der Waals surface area contributed by atoms with Crippen molar-refractivity contribution in [3.05, 3.63) is 16.3 Å². The third-order valence-electron chi connectivity index (χ3n) is 3.40. The molecule has 1 N–H and O–H groups in total. The van der Waals surface area contributed by atoms with Crippen LogP contribution in [0.2, 0.25) is 0 Å². The molecule has 1 saturated heterocycles. The zero-order chi connectivity index (χ0) is 13.6. The van der Waals surface area contributed by atoms with Gasteiger partial charge in [-0.15, -0.1) is 11.3 Å². The molecule has 2 aromatic heterocycles. The number of halogens is 1. The van der Waals surface area contributed by atoms with Crippen LogP contribution in [0.4, 0.5) is 0 Å². The molecule has 5 nitrogen and oxygen atoms in total. The number of aromatic carboxylic acids is 1. The van der Waals surface area contributed by atoms with Crippen molar-refractivity contribution in [1.82, 2.24) is 9.55 Å². The van der Waals surface area contributed by atoms with E-state index in [9.17, 15) is 9.90 Å². The molecule has 0 saturated carbocycles. The molecule has 0 radical (unpaired) electrons. The van der Waals surface area contributed by atoms with Gasteiger partial charge in [0, 0.05) is 12.2 Å². The highest BCUT2D eigenvalue weighted by molar-refractivity contribution is 9.08. The normalized spacial score (nSPS) is 18.7. The lowest BCUT2D eigenvalue weighted by Crippen LogP contribution is -2.31. The Balaban J connectivity index is 2.11. The van der Waals surface area contributed by atoms with E-state index in [1.807, 2.05) is 6.92 Å². The van der Waals surface area contributed by atoms with Gasteiger partial charge in [-0.1, -0.05) is 15.9 Å². The first kappa shape index (κ1) is 13.1. The molecule has 3 rings (SSSR count). The molecule has 0 spiro atoms. The van der Waals surface area contributed by atoms with E-state index in [-0.39, 0.29) is 6.10 Å². The van der Waals surface area contributed by atoms with Crippen molar-refractivity contribution in [2.45, 2.75) is 31.3 Å². The minimum absolute atomic E-state index is 0.225. The van der Waals surface area contributed by atoms with E-state index in [1.54, 1.807) is 0 Å². The molecule has 1 unspecified atom stereocenters. The maximum atomic E-state index is 11.2. The van der Waals surface area contributed by atoms with Gasteiger partial charge in [0.2, 0.25) is 0 Å². The number of thiophene rings is 1. The Morgan fingerprint density at radius 1 is 1.68 bits per heavy atom. The van der Waals surface area contributed by atoms with Crippen LogP contribution in [-0.2, 0) is 16.6 Å². The van der Waals surface area contributed by atoms with E-state index in [2.05, 4.69) is 25.5 Å². The molecule has 0 aliphatic carbocycles. The monoisotopic (exact) mass is 344 g/mol. The number of nitrogens with zero attached hydrogens (tertiary/aromatic N) is 2. The number of fused-ring (bicyclic) bond motifs is 1. The number of rotatable bonds is 4. The summed E-state index contributed by atoms with van der Waals surface area (Å²) >= 11 is 4.68. The van der Waals surface area contributed by atoms with Gasteiger partial charge in [0.25, 0.3) is 0 Å². The second-order valence-corrected chi connectivity index (χ2v) is 6.13. The van der Waals surface area contributed by atoms with E-state index < -0.39 is 5.97 Å². The average Bonchev–Trinajstić information content (AvgIpc) is 2.81. The standard InChI is InChI=1S/C12H13BrN2O3S/c1-6-9-11(19-10(6)12(16)17)14-8(4-13)15(9)5-7-2-3-18-7/h7H,2-5H2,1H3,(H,16,17). The molecule has 0 amide bonds. The second-order valence-electron chi connectivity index (χ2n) is 4.57. The molecule has 0 bridgehead atoms. The quantitative estimate of drug-likeness (QED) is 0.866. The summed E-state index contributed by atoms with van der Waals surface area (Å²) in [4.78, 5) is 16.9. The molecule has 1 aliphatic rings. The SMILES string of the molecule is Cc1c(C(=O)O)sc2nc(CBr)n(CC3CCO3)c12. The van der Waals surface area contributed by atoms with Crippen LogP contribution in [0, 0.1) is 6.92 Å². The molecule has 2 aromatic rings. The van der Waals surface area contributed by atoms with Gasteiger partial charge in [0.1, 0.15) is 15.5 Å². The lowest BCUT2D eigenvalue weighted by Gasteiger charge is -2.27. The van der Waals surface area contributed by atoms with Gasteiger partial charge in [-0.25, -0.2) is 9.78 Å². The van der Waals surface area contributed by atoms with Crippen LogP contribution >= 0.6 is 27.3 Å². The van der Waals surface area contributed by atoms with E-state index in [1.165, 1.54) is 11.3 Å². The lowest BCUT2D eigenvalue weighted by molar-refractivity contribution is -0.0589. The lowest BCUT2D eigenvalue weighted by atomic mass is 10.2. The smallest absolute Gasteiger partial charge is 0.346 e. The summed E-state index contributed by atoms with van der Waals surface area (Å²) in [5.41, 5.74) is 1.74. The largest absolute Gasteiger partial charge is 0.477 e. The van der Waals surface area contributed by atoms with Crippen molar-refractivity contribution >= 4 is 43.6 Å². The van der Waals surface area contributed by atoms with Gasteiger partial charge in [-0.3, -0.25) is 0 Å². The highest BCUT2D eigenvalue weighted by Gasteiger charge is 2.25. The highest BCUT2D eigenvalue weighted by Crippen LogP contribution is 2.33. The Kier molecular flexibility index (Phi) is 3.36. The van der Waals surface area contributed by atoms with Gasteiger partial charge >= 0.3 is 5.97 Å². The number of hydrogen-bond acceptors (Lipinski definition) is 4. The number of ether oxygens (including phenoxy) is 1. The van der Waals surface area contributed by atoms with Crippen molar-refractivity contribution in [2.24, 2.45) is 0 Å². The molecular weight excluding hydrogens is 332 g/mol. The zero-order valence-electron chi connectivity index (χ0n) is 10.4. The van der Waals surface area contributed by atoms with Gasteiger partial charge in [0.15, 0.2) is 0 Å². The van der Waals surface area contributed by atoms with Crippen LogP contribution in [0.3, 0.4) is 0 Å². The molecule has 1 atom stereocenters.